The first-order valence-electron chi connectivity index (χ1n) is 3.87. The van der Waals surface area contributed by atoms with Gasteiger partial charge in [-0.05, 0) is 6.07 Å². The lowest BCUT2D eigenvalue weighted by molar-refractivity contribution is -0.310. The predicted molar refractivity (Wildman–Crippen MR) is 41.3 cm³/mol. The van der Waals surface area contributed by atoms with Crippen molar-refractivity contribution in [3.63, 3.8) is 0 Å². The molecule has 1 aromatic rings. The van der Waals surface area contributed by atoms with Crippen molar-refractivity contribution in [1.29, 1.82) is 0 Å². The zero-order chi connectivity index (χ0) is 8.23. The topological polar surface area (TPSA) is 27.7 Å². The van der Waals surface area contributed by atoms with Gasteiger partial charge in [-0.1, -0.05) is 18.2 Å². The van der Waals surface area contributed by atoms with Crippen LogP contribution in [0.5, 0.6) is 5.75 Å². The second-order valence-electron chi connectivity index (χ2n) is 2.48. The number of hydrogen-bond donors (Lipinski definition) is 0. The van der Waals surface area contributed by atoms with Gasteiger partial charge in [-0.25, -0.2) is 4.89 Å². The third-order valence-electron chi connectivity index (χ3n) is 1.55. The molecule has 0 amide bonds. The van der Waals surface area contributed by atoms with Crippen LogP contribution in [0.2, 0.25) is 0 Å². The van der Waals surface area contributed by atoms with E-state index in [2.05, 4.69) is 6.07 Å². The van der Waals surface area contributed by atoms with Gasteiger partial charge in [0.05, 0.1) is 6.61 Å². The summed E-state index contributed by atoms with van der Waals surface area (Å²) in [7, 11) is 0. The minimum atomic E-state index is -0.274. The molecule has 0 saturated carbocycles. The fourth-order valence-electron chi connectivity index (χ4n) is 0.987. The van der Waals surface area contributed by atoms with Crippen molar-refractivity contribution in [2.24, 2.45) is 0 Å². The lowest BCUT2D eigenvalue weighted by atomic mass is 10.3. The van der Waals surface area contributed by atoms with Gasteiger partial charge < -0.3 is 4.74 Å². The molecular formula is C9H9O3. The summed E-state index contributed by atoms with van der Waals surface area (Å²) >= 11 is 0. The molecule has 1 fully saturated rings. The molecular weight excluding hydrogens is 156 g/mol. The Morgan fingerprint density at radius 2 is 2.50 bits per heavy atom. The maximum absolute atomic E-state index is 5.37. The van der Waals surface area contributed by atoms with Gasteiger partial charge in [0, 0.05) is 12.5 Å². The van der Waals surface area contributed by atoms with E-state index in [0.29, 0.717) is 12.4 Å². The maximum Gasteiger partial charge on any atom is 0.233 e. The van der Waals surface area contributed by atoms with E-state index in [4.69, 9.17) is 14.5 Å². The Kier molecular flexibility index (Phi) is 2.25. The highest BCUT2D eigenvalue weighted by Crippen LogP contribution is 2.15. The number of hydrogen-bond acceptors (Lipinski definition) is 3. The van der Waals surface area contributed by atoms with Crippen LogP contribution in [-0.4, -0.2) is 12.9 Å². The van der Waals surface area contributed by atoms with Crippen molar-refractivity contribution in [2.45, 2.75) is 12.7 Å². The summed E-state index contributed by atoms with van der Waals surface area (Å²) in [5, 5.41) is 0. The van der Waals surface area contributed by atoms with Gasteiger partial charge in [0.25, 0.3) is 0 Å². The van der Waals surface area contributed by atoms with Gasteiger partial charge in [-0.2, -0.15) is 4.89 Å². The fourth-order valence-corrected chi connectivity index (χ4v) is 0.987. The standard InChI is InChI=1S/C9H9O3/c1-2-4-8(5-3-1)11-9-6-7-10-12-9/h1-4,9H,6-7H2. The van der Waals surface area contributed by atoms with E-state index in [-0.39, 0.29) is 6.29 Å². The molecule has 12 heavy (non-hydrogen) atoms. The molecule has 1 saturated heterocycles. The van der Waals surface area contributed by atoms with E-state index in [0.717, 1.165) is 6.42 Å². The highest BCUT2D eigenvalue weighted by molar-refractivity contribution is 5.19. The zero-order valence-electron chi connectivity index (χ0n) is 6.53. The van der Waals surface area contributed by atoms with E-state index < -0.39 is 0 Å². The van der Waals surface area contributed by atoms with Crippen LogP contribution < -0.4 is 4.74 Å². The van der Waals surface area contributed by atoms with E-state index >= 15 is 0 Å². The van der Waals surface area contributed by atoms with Crippen LogP contribution in [0.25, 0.3) is 0 Å². The molecule has 3 heteroatoms. The van der Waals surface area contributed by atoms with Crippen LogP contribution in [0.1, 0.15) is 6.42 Å². The van der Waals surface area contributed by atoms with Crippen LogP contribution in [0.4, 0.5) is 0 Å². The lowest BCUT2D eigenvalue weighted by Crippen LogP contribution is -2.13. The summed E-state index contributed by atoms with van der Waals surface area (Å²) in [4.78, 5) is 9.51. The Labute approximate surface area is 70.8 Å². The quantitative estimate of drug-likeness (QED) is 0.622. The van der Waals surface area contributed by atoms with E-state index in [1.807, 2.05) is 18.2 Å². The number of para-hydroxylation sites is 1. The molecule has 3 nitrogen and oxygen atoms in total. The van der Waals surface area contributed by atoms with E-state index in [1.54, 1.807) is 6.07 Å². The Morgan fingerprint density at radius 1 is 1.50 bits per heavy atom. The minimum Gasteiger partial charge on any atom is -0.461 e. The van der Waals surface area contributed by atoms with Crippen LogP contribution in [0.3, 0.4) is 0 Å². The molecule has 1 unspecified atom stereocenters. The molecule has 1 aliphatic rings. The molecule has 0 spiro atoms. The van der Waals surface area contributed by atoms with Gasteiger partial charge in [0.2, 0.25) is 6.29 Å². The Hall–Kier alpha value is -1.06. The first-order valence-corrected chi connectivity index (χ1v) is 3.87. The van der Waals surface area contributed by atoms with Crippen molar-refractivity contribution in [1.82, 2.24) is 0 Å². The minimum absolute atomic E-state index is 0.274. The van der Waals surface area contributed by atoms with Crippen molar-refractivity contribution >= 4 is 0 Å². The van der Waals surface area contributed by atoms with Crippen LogP contribution in [-0.2, 0) is 9.78 Å². The third-order valence-corrected chi connectivity index (χ3v) is 1.55. The molecule has 1 aliphatic heterocycles. The average Bonchev–Trinajstić information content (AvgIpc) is 2.59. The van der Waals surface area contributed by atoms with Crippen molar-refractivity contribution in [3.05, 3.63) is 30.3 Å². The molecule has 1 atom stereocenters. The molecule has 1 aromatic carbocycles. The predicted octanol–water partition coefficient (Wildman–Crippen LogP) is 1.54. The summed E-state index contributed by atoms with van der Waals surface area (Å²) in [6.07, 6.45) is 0.492. The van der Waals surface area contributed by atoms with E-state index in [1.165, 1.54) is 0 Å². The fraction of sp³-hybridized carbons (Fsp3) is 0.333. The molecule has 0 aliphatic carbocycles. The summed E-state index contributed by atoms with van der Waals surface area (Å²) in [6.45, 7) is 0.595. The van der Waals surface area contributed by atoms with Crippen LogP contribution >= 0.6 is 0 Å². The number of benzene rings is 1. The Morgan fingerprint density at radius 3 is 3.17 bits per heavy atom. The Balaban J connectivity index is 1.94. The molecule has 63 valence electrons. The zero-order valence-corrected chi connectivity index (χ0v) is 6.53. The van der Waals surface area contributed by atoms with Gasteiger partial charge in [0.15, 0.2) is 0 Å². The monoisotopic (exact) mass is 165 g/mol. The van der Waals surface area contributed by atoms with Gasteiger partial charge in [0.1, 0.15) is 5.75 Å². The van der Waals surface area contributed by atoms with Crippen LogP contribution in [0.15, 0.2) is 24.3 Å². The first-order chi connectivity index (χ1) is 5.95. The van der Waals surface area contributed by atoms with Crippen molar-refractivity contribution in [2.75, 3.05) is 6.61 Å². The molecule has 1 heterocycles. The molecule has 0 bridgehead atoms. The average molecular weight is 165 g/mol. The van der Waals surface area contributed by atoms with Gasteiger partial charge >= 0.3 is 0 Å². The Bertz CT molecular complexity index is 229. The normalized spacial score (nSPS) is 22.5. The van der Waals surface area contributed by atoms with E-state index in [9.17, 15) is 0 Å². The molecule has 2 rings (SSSR count). The second kappa shape index (κ2) is 3.56. The summed E-state index contributed by atoms with van der Waals surface area (Å²) < 4.78 is 5.37. The van der Waals surface area contributed by atoms with Crippen molar-refractivity contribution in [3.8, 4) is 5.75 Å². The van der Waals surface area contributed by atoms with Gasteiger partial charge in [-0.15, -0.1) is 0 Å². The van der Waals surface area contributed by atoms with Crippen molar-refractivity contribution < 1.29 is 14.5 Å². The lowest BCUT2D eigenvalue weighted by Gasteiger charge is -2.09. The van der Waals surface area contributed by atoms with Crippen LogP contribution in [0, 0.1) is 6.07 Å². The summed E-state index contributed by atoms with van der Waals surface area (Å²) in [6, 6.07) is 10.3. The SMILES string of the molecule is [c]1ccccc1OC1CCOO1. The van der Waals surface area contributed by atoms with Gasteiger partial charge in [-0.3, -0.25) is 0 Å². The molecule has 0 aromatic heterocycles. The highest BCUT2D eigenvalue weighted by Gasteiger charge is 2.18. The second-order valence-corrected chi connectivity index (χ2v) is 2.48. The molecule has 0 N–H and O–H groups in total. The molecule has 1 radical (unpaired) electrons. The maximum atomic E-state index is 5.37. The third kappa shape index (κ3) is 1.75. The number of ether oxygens (including phenoxy) is 1. The summed E-state index contributed by atoms with van der Waals surface area (Å²) in [5.41, 5.74) is 0. The smallest absolute Gasteiger partial charge is 0.233 e. The first kappa shape index (κ1) is 7.58. The summed E-state index contributed by atoms with van der Waals surface area (Å²) in [5.74, 6) is 0.688. The largest absolute Gasteiger partial charge is 0.461 e. The highest BCUT2D eigenvalue weighted by atomic mass is 17.2. The number of rotatable bonds is 2.